The van der Waals surface area contributed by atoms with Crippen molar-refractivity contribution >= 4 is 22.0 Å². The highest BCUT2D eigenvalue weighted by Crippen LogP contribution is 2.22. The molecule has 122 valence electrons. The highest BCUT2D eigenvalue weighted by atomic mass is 79.9. The number of nitrogens with zero attached hydrogens (tertiary/aromatic N) is 1. The van der Waals surface area contributed by atoms with E-state index in [1.807, 2.05) is 20.8 Å². The van der Waals surface area contributed by atoms with Gasteiger partial charge < -0.3 is 10.1 Å². The molecule has 1 aliphatic rings. The third-order valence-electron chi connectivity index (χ3n) is 3.40. The Labute approximate surface area is 139 Å². The van der Waals surface area contributed by atoms with E-state index in [1.54, 1.807) is 6.07 Å². The Morgan fingerprint density at radius 2 is 2.23 bits per heavy atom. The van der Waals surface area contributed by atoms with Crippen molar-refractivity contribution in [3.05, 3.63) is 34.1 Å². The summed E-state index contributed by atoms with van der Waals surface area (Å²) in [6.07, 6.45) is 0.514. The molecule has 6 heteroatoms. The van der Waals surface area contributed by atoms with Gasteiger partial charge in [0, 0.05) is 30.1 Å². The van der Waals surface area contributed by atoms with Gasteiger partial charge in [-0.05, 0) is 44.9 Å². The summed E-state index contributed by atoms with van der Waals surface area (Å²) in [5, 5.41) is 2.90. The van der Waals surface area contributed by atoms with E-state index in [9.17, 15) is 9.18 Å². The molecule has 1 atom stereocenters. The number of hydrogen-bond donors (Lipinski definition) is 1. The minimum Gasteiger partial charge on any atom is -0.444 e. The molecule has 0 radical (unpaired) electrons. The zero-order chi connectivity index (χ0) is 16.3. The molecule has 1 aliphatic heterocycles. The average Bonchev–Trinajstić information content (AvgIpc) is 2.77. The molecule has 1 fully saturated rings. The van der Waals surface area contributed by atoms with Gasteiger partial charge in [-0.2, -0.15) is 0 Å². The number of hydrogen-bond acceptors (Lipinski definition) is 3. The van der Waals surface area contributed by atoms with E-state index in [2.05, 4.69) is 26.1 Å². The van der Waals surface area contributed by atoms with Crippen molar-refractivity contribution < 1.29 is 13.9 Å². The molecule has 0 spiro atoms. The van der Waals surface area contributed by atoms with E-state index < -0.39 is 5.60 Å². The third-order valence-corrected chi connectivity index (χ3v) is 4.14. The van der Waals surface area contributed by atoms with Crippen molar-refractivity contribution in [2.24, 2.45) is 0 Å². The largest absolute Gasteiger partial charge is 0.444 e. The highest BCUT2D eigenvalue weighted by Gasteiger charge is 2.26. The molecule has 1 saturated heterocycles. The zero-order valence-electron chi connectivity index (χ0n) is 13.2. The Balaban J connectivity index is 1.84. The summed E-state index contributed by atoms with van der Waals surface area (Å²) in [6.45, 7) is 7.93. The van der Waals surface area contributed by atoms with Gasteiger partial charge >= 0.3 is 6.09 Å². The minimum absolute atomic E-state index is 0.0917. The van der Waals surface area contributed by atoms with Crippen LogP contribution in [0, 0.1) is 5.82 Å². The van der Waals surface area contributed by atoms with Crippen LogP contribution >= 0.6 is 15.9 Å². The first-order chi connectivity index (χ1) is 10.2. The third kappa shape index (κ3) is 5.25. The lowest BCUT2D eigenvalue weighted by Crippen LogP contribution is -2.40. The molecule has 0 aromatic heterocycles. The van der Waals surface area contributed by atoms with Gasteiger partial charge in [-0.15, -0.1) is 0 Å². The smallest absolute Gasteiger partial charge is 0.407 e. The number of benzene rings is 1. The Hall–Kier alpha value is -1.14. The number of halogens is 2. The topological polar surface area (TPSA) is 41.6 Å². The second-order valence-electron chi connectivity index (χ2n) is 6.60. The van der Waals surface area contributed by atoms with E-state index in [0.29, 0.717) is 0 Å². The first-order valence-corrected chi connectivity index (χ1v) is 8.18. The summed E-state index contributed by atoms with van der Waals surface area (Å²) in [4.78, 5) is 14.0. The maximum atomic E-state index is 13.1. The summed E-state index contributed by atoms with van der Waals surface area (Å²) in [6, 6.07) is 4.82. The summed E-state index contributed by atoms with van der Waals surface area (Å²) in [5.41, 5.74) is 0.556. The molecular formula is C16H22BrFN2O2. The van der Waals surface area contributed by atoms with Crippen LogP contribution in [0.25, 0.3) is 0 Å². The van der Waals surface area contributed by atoms with Crippen molar-refractivity contribution in [1.29, 1.82) is 0 Å². The molecule has 2 rings (SSSR count). The van der Waals surface area contributed by atoms with Crippen LogP contribution in [0.2, 0.25) is 0 Å². The zero-order valence-corrected chi connectivity index (χ0v) is 14.7. The van der Waals surface area contributed by atoms with Gasteiger partial charge in [0.2, 0.25) is 0 Å². The number of carbonyl (C=O) groups is 1. The van der Waals surface area contributed by atoms with Crippen LogP contribution in [-0.4, -0.2) is 35.7 Å². The highest BCUT2D eigenvalue weighted by molar-refractivity contribution is 9.10. The average molecular weight is 373 g/mol. The predicted octanol–water partition coefficient (Wildman–Crippen LogP) is 3.69. The second-order valence-corrected chi connectivity index (χ2v) is 7.46. The molecule has 0 saturated carbocycles. The van der Waals surface area contributed by atoms with Crippen molar-refractivity contribution in [3.63, 3.8) is 0 Å². The Kier molecular flexibility index (Phi) is 5.45. The molecule has 0 aliphatic carbocycles. The predicted molar refractivity (Wildman–Crippen MR) is 87.2 cm³/mol. The van der Waals surface area contributed by atoms with Crippen LogP contribution in [0.3, 0.4) is 0 Å². The normalized spacial score (nSPS) is 19.2. The molecule has 0 unspecified atom stereocenters. The van der Waals surface area contributed by atoms with Crippen LogP contribution in [0.1, 0.15) is 32.8 Å². The van der Waals surface area contributed by atoms with Crippen LogP contribution in [0.15, 0.2) is 22.7 Å². The molecule has 4 nitrogen and oxygen atoms in total. The maximum absolute atomic E-state index is 13.1. The first kappa shape index (κ1) is 17.2. The van der Waals surface area contributed by atoms with Crippen molar-refractivity contribution in [1.82, 2.24) is 10.2 Å². The van der Waals surface area contributed by atoms with E-state index in [1.165, 1.54) is 12.1 Å². The fraction of sp³-hybridized carbons (Fsp3) is 0.562. The molecular weight excluding hydrogens is 351 g/mol. The summed E-state index contributed by atoms with van der Waals surface area (Å²) in [7, 11) is 0. The minimum atomic E-state index is -0.485. The lowest BCUT2D eigenvalue weighted by molar-refractivity contribution is 0.0505. The van der Waals surface area contributed by atoms with Crippen molar-refractivity contribution in [2.45, 2.75) is 45.4 Å². The first-order valence-electron chi connectivity index (χ1n) is 7.39. The summed E-state index contributed by atoms with van der Waals surface area (Å²) in [5.74, 6) is -0.249. The van der Waals surface area contributed by atoms with Crippen LogP contribution in [0.5, 0.6) is 0 Å². The number of carbonyl (C=O) groups excluding carboxylic acids is 1. The van der Waals surface area contributed by atoms with Gasteiger partial charge in [0.15, 0.2) is 0 Å². The molecule has 22 heavy (non-hydrogen) atoms. The van der Waals surface area contributed by atoms with Gasteiger partial charge in [0.25, 0.3) is 0 Å². The summed E-state index contributed by atoms with van der Waals surface area (Å²) >= 11 is 3.39. The SMILES string of the molecule is CC(C)(C)OC(=O)N[C@H]1CCN(Cc2ccc(F)cc2Br)C1. The number of ether oxygens (including phenoxy) is 1. The number of likely N-dealkylation sites (tertiary alicyclic amines) is 1. The monoisotopic (exact) mass is 372 g/mol. The van der Waals surface area contributed by atoms with Crippen LogP contribution < -0.4 is 5.32 Å². The van der Waals surface area contributed by atoms with Crippen LogP contribution in [0.4, 0.5) is 9.18 Å². The number of amides is 1. The van der Waals surface area contributed by atoms with Gasteiger partial charge in [-0.3, -0.25) is 4.90 Å². The number of nitrogens with one attached hydrogen (secondary N) is 1. The Bertz CT molecular complexity index is 545. The van der Waals surface area contributed by atoms with E-state index in [4.69, 9.17) is 4.74 Å². The van der Waals surface area contributed by atoms with E-state index in [-0.39, 0.29) is 18.0 Å². The molecule has 1 N–H and O–H groups in total. The fourth-order valence-corrected chi connectivity index (χ4v) is 2.94. The Morgan fingerprint density at radius 1 is 1.50 bits per heavy atom. The number of rotatable bonds is 3. The molecule has 1 heterocycles. The van der Waals surface area contributed by atoms with Gasteiger partial charge in [0.05, 0.1) is 0 Å². The van der Waals surface area contributed by atoms with E-state index >= 15 is 0 Å². The lowest BCUT2D eigenvalue weighted by Gasteiger charge is -2.22. The van der Waals surface area contributed by atoms with Crippen LogP contribution in [-0.2, 0) is 11.3 Å². The molecule has 1 aromatic rings. The van der Waals surface area contributed by atoms with Gasteiger partial charge in [0.1, 0.15) is 11.4 Å². The fourth-order valence-electron chi connectivity index (χ4n) is 2.46. The quantitative estimate of drug-likeness (QED) is 0.879. The standard InChI is InChI=1S/C16H22BrFN2O2/c1-16(2,3)22-15(21)19-13-6-7-20(10-13)9-11-4-5-12(18)8-14(11)17/h4-5,8,13H,6-7,9-10H2,1-3H3,(H,19,21)/t13-/m0/s1. The van der Waals surface area contributed by atoms with E-state index in [0.717, 1.165) is 36.1 Å². The number of alkyl carbamates (subject to hydrolysis) is 1. The Morgan fingerprint density at radius 3 is 2.86 bits per heavy atom. The van der Waals surface area contributed by atoms with Gasteiger partial charge in [-0.25, -0.2) is 9.18 Å². The van der Waals surface area contributed by atoms with Crippen molar-refractivity contribution in [3.8, 4) is 0 Å². The van der Waals surface area contributed by atoms with Crippen molar-refractivity contribution in [2.75, 3.05) is 13.1 Å². The van der Waals surface area contributed by atoms with Gasteiger partial charge in [-0.1, -0.05) is 22.0 Å². The maximum Gasteiger partial charge on any atom is 0.407 e. The lowest BCUT2D eigenvalue weighted by atomic mass is 10.2. The molecule has 1 aromatic carbocycles. The molecule has 1 amide bonds. The second kappa shape index (κ2) is 6.96. The molecule has 0 bridgehead atoms. The summed E-state index contributed by atoms with van der Waals surface area (Å²) < 4.78 is 19.1.